The van der Waals surface area contributed by atoms with Crippen LogP contribution in [0.1, 0.15) is 26.2 Å². The third-order valence-corrected chi connectivity index (χ3v) is 3.93. The molecular formula is C15H22N2O3. The van der Waals surface area contributed by atoms with E-state index in [0.29, 0.717) is 30.2 Å². The molecule has 0 spiro atoms. The zero-order chi connectivity index (χ0) is 14.5. The summed E-state index contributed by atoms with van der Waals surface area (Å²) in [7, 11) is 2.12. The van der Waals surface area contributed by atoms with Crippen LogP contribution in [-0.2, 0) is 9.53 Å². The minimum Gasteiger partial charge on any atom is -0.462 e. The van der Waals surface area contributed by atoms with E-state index in [2.05, 4.69) is 17.1 Å². The number of hydrogen-bond donors (Lipinski definition) is 1. The predicted molar refractivity (Wildman–Crippen MR) is 76.9 cm³/mol. The fraction of sp³-hybridized carbons (Fsp3) is 0.600. The van der Waals surface area contributed by atoms with Crippen molar-refractivity contribution in [3.05, 3.63) is 23.3 Å². The number of carbonyl (C=O) groups excluding carboxylic acids is 1. The van der Waals surface area contributed by atoms with Crippen molar-refractivity contribution in [3.63, 3.8) is 0 Å². The SMILES string of the molecule is CCOC(=O)C1=CC(=NO)CC(C2CCN(C)CC2)=C1. The van der Waals surface area contributed by atoms with Crippen LogP contribution in [0.15, 0.2) is 28.5 Å². The minimum atomic E-state index is -0.348. The molecule has 2 rings (SSSR count). The lowest BCUT2D eigenvalue weighted by molar-refractivity contribution is -0.138. The molecule has 1 N–H and O–H groups in total. The molecule has 5 nitrogen and oxygen atoms in total. The molecule has 0 amide bonds. The molecule has 0 saturated carbocycles. The van der Waals surface area contributed by atoms with Crippen molar-refractivity contribution in [2.45, 2.75) is 26.2 Å². The molecule has 1 heterocycles. The van der Waals surface area contributed by atoms with Crippen molar-refractivity contribution >= 4 is 11.7 Å². The first kappa shape index (κ1) is 14.8. The van der Waals surface area contributed by atoms with Gasteiger partial charge in [0.25, 0.3) is 0 Å². The number of carbonyl (C=O) groups is 1. The van der Waals surface area contributed by atoms with Crippen LogP contribution >= 0.6 is 0 Å². The number of oxime groups is 1. The van der Waals surface area contributed by atoms with Gasteiger partial charge in [-0.3, -0.25) is 0 Å². The smallest absolute Gasteiger partial charge is 0.338 e. The summed E-state index contributed by atoms with van der Waals surface area (Å²) in [5.41, 5.74) is 2.20. The first-order valence-corrected chi connectivity index (χ1v) is 7.12. The maximum Gasteiger partial charge on any atom is 0.338 e. The van der Waals surface area contributed by atoms with Crippen LogP contribution in [0, 0.1) is 5.92 Å². The lowest BCUT2D eigenvalue weighted by Gasteiger charge is -2.31. The van der Waals surface area contributed by atoms with E-state index < -0.39 is 0 Å². The number of hydrogen-bond acceptors (Lipinski definition) is 5. The molecule has 0 bridgehead atoms. The molecule has 0 unspecified atom stereocenters. The summed E-state index contributed by atoms with van der Waals surface area (Å²) in [6.07, 6.45) is 6.31. The topological polar surface area (TPSA) is 62.1 Å². The predicted octanol–water partition coefficient (Wildman–Crippen LogP) is 1.98. The number of nitrogens with zero attached hydrogens (tertiary/aromatic N) is 2. The maximum absolute atomic E-state index is 11.9. The van der Waals surface area contributed by atoms with Crippen LogP contribution in [0.25, 0.3) is 0 Å². The summed E-state index contributed by atoms with van der Waals surface area (Å²) in [5.74, 6) is 0.111. The average molecular weight is 278 g/mol. The Balaban J connectivity index is 2.16. The minimum absolute atomic E-state index is 0.346. The summed E-state index contributed by atoms with van der Waals surface area (Å²) in [6.45, 7) is 4.25. The van der Waals surface area contributed by atoms with Crippen LogP contribution in [0.5, 0.6) is 0 Å². The second-order valence-electron chi connectivity index (χ2n) is 5.39. The number of ether oxygens (including phenoxy) is 1. The molecular weight excluding hydrogens is 256 g/mol. The van der Waals surface area contributed by atoms with Gasteiger partial charge in [0.2, 0.25) is 0 Å². The second kappa shape index (κ2) is 6.70. The molecule has 0 aromatic heterocycles. The molecule has 0 atom stereocenters. The molecule has 0 radical (unpaired) electrons. The van der Waals surface area contributed by atoms with Crippen LogP contribution < -0.4 is 0 Å². The van der Waals surface area contributed by atoms with Gasteiger partial charge >= 0.3 is 5.97 Å². The first-order chi connectivity index (χ1) is 9.63. The molecule has 20 heavy (non-hydrogen) atoms. The van der Waals surface area contributed by atoms with Gasteiger partial charge < -0.3 is 14.8 Å². The molecule has 0 aromatic rings. The fourth-order valence-corrected chi connectivity index (χ4v) is 2.77. The van der Waals surface area contributed by atoms with Crippen LogP contribution in [-0.4, -0.2) is 48.5 Å². The molecule has 110 valence electrons. The Bertz CT molecular complexity index is 458. The molecule has 2 aliphatic rings. The van der Waals surface area contributed by atoms with Crippen molar-refractivity contribution in [2.75, 3.05) is 26.7 Å². The van der Waals surface area contributed by atoms with Crippen molar-refractivity contribution in [1.82, 2.24) is 4.90 Å². The zero-order valence-electron chi connectivity index (χ0n) is 12.1. The number of rotatable bonds is 3. The summed E-state index contributed by atoms with van der Waals surface area (Å²) in [6, 6.07) is 0. The molecule has 0 aromatic carbocycles. The molecule has 1 saturated heterocycles. The number of esters is 1. The van der Waals surface area contributed by atoms with Gasteiger partial charge in [-0.25, -0.2) is 4.79 Å². The number of allylic oxidation sites excluding steroid dienone is 2. The van der Waals surface area contributed by atoms with Crippen molar-refractivity contribution in [3.8, 4) is 0 Å². The van der Waals surface area contributed by atoms with Crippen molar-refractivity contribution in [2.24, 2.45) is 11.1 Å². The van der Waals surface area contributed by atoms with Gasteiger partial charge in [-0.1, -0.05) is 10.7 Å². The molecule has 5 heteroatoms. The molecule has 1 aliphatic heterocycles. The summed E-state index contributed by atoms with van der Waals surface area (Å²) in [5, 5.41) is 12.3. The van der Waals surface area contributed by atoms with E-state index in [1.807, 2.05) is 6.08 Å². The van der Waals surface area contributed by atoms with E-state index in [9.17, 15) is 4.79 Å². The Morgan fingerprint density at radius 3 is 2.75 bits per heavy atom. The van der Waals surface area contributed by atoms with Gasteiger partial charge in [0, 0.05) is 6.42 Å². The monoisotopic (exact) mass is 278 g/mol. The fourth-order valence-electron chi connectivity index (χ4n) is 2.77. The standard InChI is InChI=1S/C15H22N2O3/c1-3-20-15(18)13-8-12(9-14(10-13)16-19)11-4-6-17(2)7-5-11/h8,10-11,19H,3-7,9H2,1-2H3. The highest BCUT2D eigenvalue weighted by Crippen LogP contribution is 2.30. The average Bonchev–Trinajstić information content (AvgIpc) is 2.47. The summed E-state index contributed by atoms with van der Waals surface area (Å²) < 4.78 is 5.03. The summed E-state index contributed by atoms with van der Waals surface area (Å²) in [4.78, 5) is 14.2. The van der Waals surface area contributed by atoms with Gasteiger partial charge in [-0.2, -0.15) is 0 Å². The maximum atomic E-state index is 11.9. The third-order valence-electron chi connectivity index (χ3n) is 3.93. The Hall–Kier alpha value is -1.62. The summed E-state index contributed by atoms with van der Waals surface area (Å²) >= 11 is 0. The quantitative estimate of drug-likeness (QED) is 0.487. The van der Waals surface area contributed by atoms with Crippen LogP contribution in [0.2, 0.25) is 0 Å². The van der Waals surface area contributed by atoms with E-state index in [1.165, 1.54) is 5.57 Å². The Morgan fingerprint density at radius 2 is 2.15 bits per heavy atom. The van der Waals surface area contributed by atoms with E-state index in [0.717, 1.165) is 25.9 Å². The van der Waals surface area contributed by atoms with Gasteiger partial charge in [-0.15, -0.1) is 0 Å². The lowest BCUT2D eigenvalue weighted by Crippen LogP contribution is -2.31. The van der Waals surface area contributed by atoms with Crippen molar-refractivity contribution < 1.29 is 14.7 Å². The van der Waals surface area contributed by atoms with E-state index in [1.54, 1.807) is 13.0 Å². The van der Waals surface area contributed by atoms with Gasteiger partial charge in [0.1, 0.15) is 0 Å². The number of piperidine rings is 1. The largest absolute Gasteiger partial charge is 0.462 e. The highest BCUT2D eigenvalue weighted by Gasteiger charge is 2.25. The molecule has 1 aliphatic carbocycles. The first-order valence-electron chi connectivity index (χ1n) is 7.12. The lowest BCUT2D eigenvalue weighted by atomic mass is 9.83. The van der Waals surface area contributed by atoms with Gasteiger partial charge in [0.15, 0.2) is 0 Å². The third kappa shape index (κ3) is 3.48. The van der Waals surface area contributed by atoms with E-state index in [4.69, 9.17) is 9.94 Å². The second-order valence-corrected chi connectivity index (χ2v) is 5.39. The molecule has 1 fully saturated rings. The Labute approximate surface area is 119 Å². The van der Waals surface area contributed by atoms with Crippen LogP contribution in [0.4, 0.5) is 0 Å². The Kier molecular flexibility index (Phi) is 4.95. The number of likely N-dealkylation sites (tertiary alicyclic amines) is 1. The van der Waals surface area contributed by atoms with E-state index in [-0.39, 0.29) is 5.97 Å². The zero-order valence-corrected chi connectivity index (χ0v) is 12.1. The Morgan fingerprint density at radius 1 is 1.45 bits per heavy atom. The van der Waals surface area contributed by atoms with Crippen molar-refractivity contribution in [1.29, 1.82) is 0 Å². The normalized spacial score (nSPS) is 23.4. The van der Waals surface area contributed by atoms with Gasteiger partial charge in [-0.05, 0) is 58.0 Å². The van der Waals surface area contributed by atoms with Crippen LogP contribution in [0.3, 0.4) is 0 Å². The highest BCUT2D eigenvalue weighted by molar-refractivity contribution is 6.06. The van der Waals surface area contributed by atoms with Gasteiger partial charge in [0.05, 0.1) is 17.9 Å². The van der Waals surface area contributed by atoms with E-state index >= 15 is 0 Å². The highest BCUT2D eigenvalue weighted by atomic mass is 16.5.